The lowest BCUT2D eigenvalue weighted by Crippen LogP contribution is -2.19. The second-order valence-corrected chi connectivity index (χ2v) is 4.33. The molecule has 2 aromatic rings. The molecule has 0 aliphatic heterocycles. The Hall–Kier alpha value is -1.81. The summed E-state index contributed by atoms with van der Waals surface area (Å²) in [7, 11) is 0. The highest BCUT2D eigenvalue weighted by Crippen LogP contribution is 2.21. The second-order valence-electron chi connectivity index (χ2n) is 4.33. The molecule has 0 saturated heterocycles. The number of benzene rings is 1. The van der Waals surface area contributed by atoms with Crippen LogP contribution in [0.1, 0.15) is 19.7 Å². The zero-order valence-corrected chi connectivity index (χ0v) is 9.68. The lowest BCUT2D eigenvalue weighted by Gasteiger charge is -2.15. The molecule has 0 spiro atoms. The quantitative estimate of drug-likeness (QED) is 0.865. The SMILES string of the molecule is CC(C)(O)c1nccc(-c2cccc(F)c2)n1. The van der Waals surface area contributed by atoms with Crippen LogP contribution in [0.5, 0.6) is 0 Å². The van der Waals surface area contributed by atoms with Gasteiger partial charge in [-0.2, -0.15) is 0 Å². The minimum atomic E-state index is -1.11. The Bertz CT molecular complexity index is 535. The van der Waals surface area contributed by atoms with Crippen LogP contribution in [-0.4, -0.2) is 15.1 Å². The van der Waals surface area contributed by atoms with E-state index in [0.717, 1.165) is 0 Å². The van der Waals surface area contributed by atoms with Crippen LogP contribution >= 0.6 is 0 Å². The summed E-state index contributed by atoms with van der Waals surface area (Å²) >= 11 is 0. The van der Waals surface area contributed by atoms with Crippen LogP contribution in [0.4, 0.5) is 4.39 Å². The van der Waals surface area contributed by atoms with Crippen molar-refractivity contribution >= 4 is 0 Å². The largest absolute Gasteiger partial charge is 0.382 e. The summed E-state index contributed by atoms with van der Waals surface area (Å²) in [5.41, 5.74) is 0.151. The van der Waals surface area contributed by atoms with E-state index in [2.05, 4.69) is 9.97 Å². The van der Waals surface area contributed by atoms with Gasteiger partial charge in [-0.25, -0.2) is 14.4 Å². The van der Waals surface area contributed by atoms with E-state index in [9.17, 15) is 9.50 Å². The normalized spacial score (nSPS) is 11.5. The number of aromatic nitrogens is 2. The maximum atomic E-state index is 13.1. The van der Waals surface area contributed by atoms with E-state index < -0.39 is 5.60 Å². The Morgan fingerprint density at radius 2 is 2.00 bits per heavy atom. The van der Waals surface area contributed by atoms with Crippen LogP contribution in [-0.2, 0) is 5.60 Å². The molecule has 0 unspecified atom stereocenters. The van der Waals surface area contributed by atoms with Gasteiger partial charge in [0.2, 0.25) is 0 Å². The molecule has 1 aromatic heterocycles. The fraction of sp³-hybridized carbons (Fsp3) is 0.231. The molecular formula is C13H13FN2O. The van der Waals surface area contributed by atoms with Crippen LogP contribution < -0.4 is 0 Å². The lowest BCUT2D eigenvalue weighted by atomic mass is 10.1. The molecule has 1 N–H and O–H groups in total. The Morgan fingerprint density at radius 1 is 1.24 bits per heavy atom. The van der Waals surface area contributed by atoms with Crippen molar-refractivity contribution in [3.8, 4) is 11.3 Å². The van der Waals surface area contributed by atoms with Gasteiger partial charge in [-0.15, -0.1) is 0 Å². The molecular weight excluding hydrogens is 219 g/mol. The second kappa shape index (κ2) is 4.22. The van der Waals surface area contributed by atoms with Gasteiger partial charge in [-0.3, -0.25) is 0 Å². The van der Waals surface area contributed by atoms with Crippen LogP contribution in [0, 0.1) is 5.82 Å². The highest BCUT2D eigenvalue weighted by atomic mass is 19.1. The molecule has 0 atom stereocenters. The molecule has 1 heterocycles. The molecule has 0 saturated carbocycles. The van der Waals surface area contributed by atoms with Crippen molar-refractivity contribution in [3.63, 3.8) is 0 Å². The van der Waals surface area contributed by atoms with E-state index in [-0.39, 0.29) is 5.82 Å². The minimum absolute atomic E-state index is 0.314. The standard InChI is InChI=1S/C13H13FN2O/c1-13(2,17)12-15-7-6-11(16-12)9-4-3-5-10(14)8-9/h3-8,17H,1-2H3. The summed E-state index contributed by atoms with van der Waals surface area (Å²) in [6.45, 7) is 3.22. The van der Waals surface area contributed by atoms with Gasteiger partial charge in [-0.1, -0.05) is 12.1 Å². The molecule has 0 aliphatic carbocycles. The zero-order valence-electron chi connectivity index (χ0n) is 9.68. The van der Waals surface area contributed by atoms with Crippen LogP contribution in [0.3, 0.4) is 0 Å². The number of hydrogen-bond acceptors (Lipinski definition) is 3. The van der Waals surface area contributed by atoms with Gasteiger partial charge in [0.15, 0.2) is 5.82 Å². The van der Waals surface area contributed by atoms with E-state index in [0.29, 0.717) is 17.1 Å². The Labute approximate surface area is 99.0 Å². The molecule has 0 amide bonds. The first kappa shape index (κ1) is 11.7. The Balaban J connectivity index is 2.47. The van der Waals surface area contributed by atoms with Crippen LogP contribution in [0.2, 0.25) is 0 Å². The summed E-state index contributed by atoms with van der Waals surface area (Å²) in [6.07, 6.45) is 1.56. The Kier molecular flexibility index (Phi) is 2.90. The van der Waals surface area contributed by atoms with Crippen LogP contribution in [0.15, 0.2) is 36.5 Å². The van der Waals surface area contributed by atoms with Gasteiger partial charge in [0.25, 0.3) is 0 Å². The van der Waals surface area contributed by atoms with Gasteiger partial charge in [-0.05, 0) is 32.0 Å². The smallest absolute Gasteiger partial charge is 0.159 e. The average Bonchev–Trinajstić information content (AvgIpc) is 2.28. The number of aliphatic hydroxyl groups is 1. The summed E-state index contributed by atoms with van der Waals surface area (Å²) < 4.78 is 13.1. The maximum Gasteiger partial charge on any atom is 0.159 e. The highest BCUT2D eigenvalue weighted by molar-refractivity contribution is 5.58. The third kappa shape index (κ3) is 2.65. The maximum absolute atomic E-state index is 13.1. The van der Waals surface area contributed by atoms with Crippen molar-refractivity contribution in [2.24, 2.45) is 0 Å². The third-order valence-electron chi connectivity index (χ3n) is 2.32. The van der Waals surface area contributed by atoms with Crippen molar-refractivity contribution in [2.75, 3.05) is 0 Å². The number of nitrogens with zero attached hydrogens (tertiary/aromatic N) is 2. The van der Waals surface area contributed by atoms with Crippen molar-refractivity contribution in [3.05, 3.63) is 48.2 Å². The van der Waals surface area contributed by atoms with Crippen molar-refractivity contribution < 1.29 is 9.50 Å². The molecule has 4 heteroatoms. The predicted molar refractivity (Wildman–Crippen MR) is 62.7 cm³/mol. The molecule has 88 valence electrons. The monoisotopic (exact) mass is 232 g/mol. The third-order valence-corrected chi connectivity index (χ3v) is 2.32. The minimum Gasteiger partial charge on any atom is -0.382 e. The van der Waals surface area contributed by atoms with Gasteiger partial charge in [0.05, 0.1) is 5.69 Å². The summed E-state index contributed by atoms with van der Waals surface area (Å²) in [5, 5.41) is 9.82. The van der Waals surface area contributed by atoms with Crippen molar-refractivity contribution in [1.82, 2.24) is 9.97 Å². The molecule has 3 nitrogen and oxygen atoms in total. The molecule has 0 bridgehead atoms. The first-order chi connectivity index (χ1) is 7.97. The molecule has 2 rings (SSSR count). The number of halogens is 1. The number of rotatable bonds is 2. The van der Waals surface area contributed by atoms with Gasteiger partial charge >= 0.3 is 0 Å². The van der Waals surface area contributed by atoms with Gasteiger partial charge in [0, 0.05) is 11.8 Å². The van der Waals surface area contributed by atoms with E-state index in [1.807, 2.05) is 0 Å². The van der Waals surface area contributed by atoms with Gasteiger partial charge < -0.3 is 5.11 Å². The summed E-state index contributed by atoms with van der Waals surface area (Å²) in [4.78, 5) is 8.23. The zero-order chi connectivity index (χ0) is 12.5. The molecule has 1 aromatic carbocycles. The van der Waals surface area contributed by atoms with Crippen molar-refractivity contribution in [1.29, 1.82) is 0 Å². The Morgan fingerprint density at radius 3 is 2.65 bits per heavy atom. The fourth-order valence-electron chi connectivity index (χ4n) is 1.46. The summed E-state index contributed by atoms with van der Waals surface area (Å²) in [5.74, 6) is 0.00480. The fourth-order valence-corrected chi connectivity index (χ4v) is 1.46. The first-order valence-electron chi connectivity index (χ1n) is 5.28. The molecule has 0 radical (unpaired) electrons. The van der Waals surface area contributed by atoms with E-state index in [1.54, 1.807) is 38.2 Å². The predicted octanol–water partition coefficient (Wildman–Crippen LogP) is 2.51. The molecule has 0 fully saturated rings. The molecule has 0 aliphatic rings. The number of hydrogen-bond donors (Lipinski definition) is 1. The first-order valence-corrected chi connectivity index (χ1v) is 5.28. The van der Waals surface area contributed by atoms with Gasteiger partial charge in [0.1, 0.15) is 11.4 Å². The topological polar surface area (TPSA) is 46.0 Å². The van der Waals surface area contributed by atoms with E-state index in [4.69, 9.17) is 0 Å². The van der Waals surface area contributed by atoms with E-state index in [1.165, 1.54) is 12.1 Å². The highest BCUT2D eigenvalue weighted by Gasteiger charge is 2.19. The average molecular weight is 232 g/mol. The van der Waals surface area contributed by atoms with E-state index >= 15 is 0 Å². The molecule has 17 heavy (non-hydrogen) atoms. The van der Waals surface area contributed by atoms with Crippen molar-refractivity contribution in [2.45, 2.75) is 19.4 Å². The van der Waals surface area contributed by atoms with Crippen LogP contribution in [0.25, 0.3) is 11.3 Å². The lowest BCUT2D eigenvalue weighted by molar-refractivity contribution is 0.0688. The summed E-state index contributed by atoms with van der Waals surface area (Å²) in [6, 6.07) is 7.85.